The van der Waals surface area contributed by atoms with Crippen LogP contribution in [0.2, 0.25) is 5.02 Å². The highest BCUT2D eigenvalue weighted by molar-refractivity contribution is 6.30. The molecule has 0 unspecified atom stereocenters. The summed E-state index contributed by atoms with van der Waals surface area (Å²) in [5.41, 5.74) is 0.535. The number of nitrogens with one attached hydrogen (secondary N) is 3. The molecule has 0 radical (unpaired) electrons. The molecule has 3 N–H and O–H groups in total. The van der Waals surface area contributed by atoms with E-state index < -0.39 is 11.9 Å². The highest BCUT2D eigenvalue weighted by Crippen LogP contribution is 2.14. The van der Waals surface area contributed by atoms with E-state index >= 15 is 0 Å². The zero-order valence-corrected chi connectivity index (χ0v) is 11.9. The van der Waals surface area contributed by atoms with Crippen molar-refractivity contribution >= 4 is 35.0 Å². The Morgan fingerprint density at radius 1 is 1.29 bits per heavy atom. The molecule has 1 aromatic carbocycles. The molecule has 0 atom stereocenters. The van der Waals surface area contributed by atoms with Gasteiger partial charge in [0.25, 0.3) is 0 Å². The molecule has 1 aromatic heterocycles. The summed E-state index contributed by atoms with van der Waals surface area (Å²) in [7, 11) is 0. The van der Waals surface area contributed by atoms with Gasteiger partial charge >= 0.3 is 6.03 Å². The quantitative estimate of drug-likeness (QED) is 0.808. The average molecular weight is 309 g/mol. The standard InChI is InChI=1S/C13H13ClN4O3/c1-8-5-11(18-21-8)17-12(19)7-15-13(20)16-10-4-2-3-9(14)6-10/h2-6H,7H2,1H3,(H2,15,16,20)(H,17,18,19). The molecule has 1 heterocycles. The Morgan fingerprint density at radius 3 is 2.76 bits per heavy atom. The molecule has 2 aromatic rings. The zero-order chi connectivity index (χ0) is 15.2. The maximum atomic E-state index is 11.6. The molecule has 0 aliphatic carbocycles. The van der Waals surface area contributed by atoms with Gasteiger partial charge in [0, 0.05) is 16.8 Å². The van der Waals surface area contributed by atoms with Gasteiger partial charge in [-0.2, -0.15) is 0 Å². The summed E-state index contributed by atoms with van der Waals surface area (Å²) in [5.74, 6) is 0.469. The minimum Gasteiger partial charge on any atom is -0.360 e. The van der Waals surface area contributed by atoms with Crippen molar-refractivity contribution in [2.75, 3.05) is 17.2 Å². The smallest absolute Gasteiger partial charge is 0.319 e. The fraction of sp³-hybridized carbons (Fsp3) is 0.154. The van der Waals surface area contributed by atoms with E-state index in [2.05, 4.69) is 21.1 Å². The molecule has 7 nitrogen and oxygen atoms in total. The number of carbonyl (C=O) groups is 2. The molecule has 2 rings (SSSR count). The monoisotopic (exact) mass is 308 g/mol. The van der Waals surface area contributed by atoms with Gasteiger partial charge in [0.2, 0.25) is 5.91 Å². The molecular weight excluding hydrogens is 296 g/mol. The van der Waals surface area contributed by atoms with Crippen LogP contribution in [0.15, 0.2) is 34.9 Å². The molecule has 0 fully saturated rings. The first-order valence-corrected chi connectivity index (χ1v) is 6.44. The summed E-state index contributed by atoms with van der Waals surface area (Å²) in [6.07, 6.45) is 0. The van der Waals surface area contributed by atoms with Crippen LogP contribution in [-0.4, -0.2) is 23.6 Å². The number of carbonyl (C=O) groups excluding carboxylic acids is 2. The van der Waals surface area contributed by atoms with Crippen molar-refractivity contribution in [1.82, 2.24) is 10.5 Å². The number of urea groups is 1. The highest BCUT2D eigenvalue weighted by atomic mass is 35.5. The lowest BCUT2D eigenvalue weighted by Gasteiger charge is -2.07. The van der Waals surface area contributed by atoms with Crippen LogP contribution in [0.5, 0.6) is 0 Å². The Bertz CT molecular complexity index is 656. The lowest BCUT2D eigenvalue weighted by molar-refractivity contribution is -0.115. The summed E-state index contributed by atoms with van der Waals surface area (Å²) >= 11 is 5.80. The van der Waals surface area contributed by atoms with Crippen LogP contribution in [0.4, 0.5) is 16.3 Å². The predicted molar refractivity (Wildman–Crippen MR) is 78.3 cm³/mol. The van der Waals surface area contributed by atoms with Gasteiger partial charge in [0.1, 0.15) is 5.76 Å². The number of nitrogens with zero attached hydrogens (tertiary/aromatic N) is 1. The fourth-order valence-electron chi connectivity index (χ4n) is 1.51. The molecule has 8 heteroatoms. The summed E-state index contributed by atoms with van der Waals surface area (Å²) in [5, 5.41) is 11.6. The van der Waals surface area contributed by atoms with E-state index in [9.17, 15) is 9.59 Å². The summed E-state index contributed by atoms with van der Waals surface area (Å²) in [4.78, 5) is 23.2. The largest absolute Gasteiger partial charge is 0.360 e. The summed E-state index contributed by atoms with van der Waals surface area (Å²) in [6.45, 7) is 1.51. The van der Waals surface area contributed by atoms with Crippen molar-refractivity contribution < 1.29 is 14.1 Å². The van der Waals surface area contributed by atoms with Crippen molar-refractivity contribution in [3.63, 3.8) is 0 Å². The molecule has 110 valence electrons. The number of halogens is 1. The van der Waals surface area contributed by atoms with Gasteiger partial charge in [0.05, 0.1) is 6.54 Å². The molecule has 0 aliphatic heterocycles. The van der Waals surface area contributed by atoms with Crippen molar-refractivity contribution in [2.24, 2.45) is 0 Å². The van der Waals surface area contributed by atoms with Crippen LogP contribution < -0.4 is 16.0 Å². The van der Waals surface area contributed by atoms with Crippen LogP contribution >= 0.6 is 11.6 Å². The minimum absolute atomic E-state index is 0.196. The van der Waals surface area contributed by atoms with E-state index in [1.54, 1.807) is 37.3 Å². The zero-order valence-electron chi connectivity index (χ0n) is 11.1. The molecule has 0 saturated carbocycles. The van der Waals surface area contributed by atoms with Gasteiger partial charge in [-0.25, -0.2) is 4.79 Å². The van der Waals surface area contributed by atoms with Gasteiger partial charge in [-0.3, -0.25) is 4.79 Å². The van der Waals surface area contributed by atoms with E-state index in [0.717, 1.165) is 0 Å². The van der Waals surface area contributed by atoms with Crippen molar-refractivity contribution in [1.29, 1.82) is 0 Å². The number of anilines is 2. The van der Waals surface area contributed by atoms with Gasteiger partial charge < -0.3 is 20.5 Å². The number of benzene rings is 1. The van der Waals surface area contributed by atoms with E-state index in [0.29, 0.717) is 22.3 Å². The van der Waals surface area contributed by atoms with Gasteiger partial charge in [-0.05, 0) is 25.1 Å². The van der Waals surface area contributed by atoms with Gasteiger partial charge in [-0.1, -0.05) is 22.8 Å². The van der Waals surface area contributed by atoms with Crippen molar-refractivity contribution in [2.45, 2.75) is 6.92 Å². The Labute approximate surface area is 125 Å². The second-order valence-electron chi connectivity index (χ2n) is 4.19. The number of rotatable bonds is 4. The molecule has 0 saturated heterocycles. The lowest BCUT2D eigenvalue weighted by Crippen LogP contribution is -2.35. The molecule has 0 bridgehead atoms. The molecular formula is C13H13ClN4O3. The minimum atomic E-state index is -0.510. The van der Waals surface area contributed by atoms with Crippen LogP contribution in [0.3, 0.4) is 0 Å². The Kier molecular flexibility index (Phi) is 4.78. The summed E-state index contributed by atoms with van der Waals surface area (Å²) in [6, 6.07) is 7.74. The second-order valence-corrected chi connectivity index (χ2v) is 4.63. The van der Waals surface area contributed by atoms with Crippen LogP contribution in [0, 0.1) is 6.92 Å². The lowest BCUT2D eigenvalue weighted by atomic mass is 10.3. The Morgan fingerprint density at radius 2 is 2.10 bits per heavy atom. The normalized spacial score (nSPS) is 10.0. The highest BCUT2D eigenvalue weighted by Gasteiger charge is 2.08. The summed E-state index contributed by atoms with van der Waals surface area (Å²) < 4.78 is 4.80. The predicted octanol–water partition coefficient (Wildman–Crippen LogP) is 2.40. The first-order chi connectivity index (χ1) is 10.0. The molecule has 0 spiro atoms. The van der Waals surface area contributed by atoms with Gasteiger partial charge in [0.15, 0.2) is 5.82 Å². The third kappa shape index (κ3) is 4.81. The average Bonchev–Trinajstić information content (AvgIpc) is 2.82. The third-order valence-electron chi connectivity index (χ3n) is 2.39. The van der Waals surface area contributed by atoms with E-state index in [4.69, 9.17) is 16.1 Å². The van der Waals surface area contributed by atoms with E-state index in [1.165, 1.54) is 0 Å². The first-order valence-electron chi connectivity index (χ1n) is 6.06. The number of aromatic nitrogens is 1. The van der Waals surface area contributed by atoms with Crippen molar-refractivity contribution in [3.8, 4) is 0 Å². The van der Waals surface area contributed by atoms with E-state index in [-0.39, 0.29) is 6.54 Å². The van der Waals surface area contributed by atoms with Gasteiger partial charge in [-0.15, -0.1) is 0 Å². The van der Waals surface area contributed by atoms with Crippen LogP contribution in [0.25, 0.3) is 0 Å². The molecule has 0 aliphatic rings. The maximum absolute atomic E-state index is 11.6. The second kappa shape index (κ2) is 6.76. The Hall–Kier alpha value is -2.54. The topological polar surface area (TPSA) is 96.3 Å². The number of aryl methyl sites for hydroxylation is 1. The van der Waals surface area contributed by atoms with Crippen LogP contribution in [0.1, 0.15) is 5.76 Å². The van der Waals surface area contributed by atoms with Crippen LogP contribution in [-0.2, 0) is 4.79 Å². The van der Waals surface area contributed by atoms with Crippen molar-refractivity contribution in [3.05, 3.63) is 41.1 Å². The molecule has 3 amide bonds. The molecule has 21 heavy (non-hydrogen) atoms. The number of hydrogen-bond acceptors (Lipinski definition) is 4. The number of hydrogen-bond donors (Lipinski definition) is 3. The maximum Gasteiger partial charge on any atom is 0.319 e. The number of amides is 3. The first kappa shape index (κ1) is 14.9. The van der Waals surface area contributed by atoms with E-state index in [1.807, 2.05) is 0 Å². The SMILES string of the molecule is Cc1cc(NC(=O)CNC(=O)Nc2cccc(Cl)c2)no1. The fourth-order valence-corrected chi connectivity index (χ4v) is 1.70. The third-order valence-corrected chi connectivity index (χ3v) is 2.62. The Balaban J connectivity index is 1.77.